The van der Waals surface area contributed by atoms with Gasteiger partial charge in [0.1, 0.15) is 5.82 Å². The molecule has 0 bridgehead atoms. The van der Waals surface area contributed by atoms with E-state index in [0.717, 1.165) is 13.0 Å². The lowest BCUT2D eigenvalue weighted by Crippen LogP contribution is -2.29. The molecule has 1 amide bonds. The molecule has 4 heteroatoms. The maximum absolute atomic E-state index is 13.3. The Hall–Kier alpha value is -1.42. The van der Waals surface area contributed by atoms with Crippen LogP contribution >= 0.6 is 0 Å². The quantitative estimate of drug-likeness (QED) is 0.794. The lowest BCUT2D eigenvalue weighted by atomic mass is 10.1. The SMILES string of the molecule is CNCCCN(C)C(=O)c1ccc(C)c(F)c1. The average molecular weight is 238 g/mol. The van der Waals surface area contributed by atoms with Gasteiger partial charge < -0.3 is 10.2 Å². The molecule has 0 radical (unpaired) electrons. The first-order valence-corrected chi connectivity index (χ1v) is 5.72. The number of carbonyl (C=O) groups excluding carboxylic acids is 1. The molecular weight excluding hydrogens is 219 g/mol. The predicted molar refractivity (Wildman–Crippen MR) is 66.6 cm³/mol. The normalized spacial score (nSPS) is 10.4. The summed E-state index contributed by atoms with van der Waals surface area (Å²) in [6, 6.07) is 4.59. The molecule has 0 saturated heterocycles. The van der Waals surface area contributed by atoms with Gasteiger partial charge in [-0.2, -0.15) is 0 Å². The van der Waals surface area contributed by atoms with Gasteiger partial charge in [0.15, 0.2) is 0 Å². The molecule has 0 aliphatic carbocycles. The van der Waals surface area contributed by atoms with Crippen LogP contribution in [-0.2, 0) is 0 Å². The topological polar surface area (TPSA) is 32.3 Å². The van der Waals surface area contributed by atoms with Crippen LogP contribution in [0.25, 0.3) is 0 Å². The van der Waals surface area contributed by atoms with Gasteiger partial charge in [0.2, 0.25) is 0 Å². The molecule has 1 rings (SSSR count). The van der Waals surface area contributed by atoms with Crippen molar-refractivity contribution in [3.8, 4) is 0 Å². The van der Waals surface area contributed by atoms with E-state index in [1.807, 2.05) is 7.05 Å². The minimum Gasteiger partial charge on any atom is -0.342 e. The van der Waals surface area contributed by atoms with Crippen LogP contribution in [0.2, 0.25) is 0 Å². The van der Waals surface area contributed by atoms with Crippen molar-refractivity contribution in [2.24, 2.45) is 0 Å². The number of hydrogen-bond donors (Lipinski definition) is 1. The van der Waals surface area contributed by atoms with Gasteiger partial charge in [-0.3, -0.25) is 4.79 Å². The Kier molecular flexibility index (Phi) is 5.10. The second kappa shape index (κ2) is 6.35. The molecule has 0 aromatic heterocycles. The number of hydrogen-bond acceptors (Lipinski definition) is 2. The highest BCUT2D eigenvalue weighted by atomic mass is 19.1. The first-order valence-electron chi connectivity index (χ1n) is 5.72. The van der Waals surface area contributed by atoms with Crippen LogP contribution in [0.15, 0.2) is 18.2 Å². The van der Waals surface area contributed by atoms with Crippen LogP contribution < -0.4 is 5.32 Å². The number of amides is 1. The number of rotatable bonds is 5. The van der Waals surface area contributed by atoms with E-state index in [0.29, 0.717) is 17.7 Å². The molecular formula is C13H19FN2O. The third-order valence-corrected chi connectivity index (χ3v) is 2.69. The minimum atomic E-state index is -0.334. The molecule has 3 nitrogen and oxygen atoms in total. The highest BCUT2D eigenvalue weighted by Crippen LogP contribution is 2.11. The third-order valence-electron chi connectivity index (χ3n) is 2.69. The van der Waals surface area contributed by atoms with E-state index >= 15 is 0 Å². The summed E-state index contributed by atoms with van der Waals surface area (Å²) in [6.45, 7) is 3.20. The minimum absolute atomic E-state index is 0.139. The van der Waals surface area contributed by atoms with Crippen molar-refractivity contribution >= 4 is 5.91 Å². The van der Waals surface area contributed by atoms with E-state index in [2.05, 4.69) is 5.32 Å². The molecule has 0 spiro atoms. The van der Waals surface area contributed by atoms with Gasteiger partial charge >= 0.3 is 0 Å². The van der Waals surface area contributed by atoms with Crippen LogP contribution in [0.1, 0.15) is 22.3 Å². The first kappa shape index (κ1) is 13.6. The van der Waals surface area contributed by atoms with Crippen molar-refractivity contribution in [2.75, 3.05) is 27.2 Å². The Morgan fingerprint density at radius 2 is 2.18 bits per heavy atom. The van der Waals surface area contributed by atoms with Crippen LogP contribution in [0.4, 0.5) is 4.39 Å². The van der Waals surface area contributed by atoms with Gasteiger partial charge in [0, 0.05) is 19.2 Å². The summed E-state index contributed by atoms with van der Waals surface area (Å²) in [5.41, 5.74) is 0.958. The van der Waals surface area contributed by atoms with E-state index in [1.165, 1.54) is 6.07 Å². The highest BCUT2D eigenvalue weighted by molar-refractivity contribution is 5.94. The van der Waals surface area contributed by atoms with Gasteiger partial charge in [0.25, 0.3) is 5.91 Å². The van der Waals surface area contributed by atoms with Crippen LogP contribution in [0.3, 0.4) is 0 Å². The zero-order valence-electron chi connectivity index (χ0n) is 10.6. The molecule has 0 heterocycles. The fourth-order valence-electron chi connectivity index (χ4n) is 1.54. The largest absolute Gasteiger partial charge is 0.342 e. The Labute approximate surface area is 102 Å². The Morgan fingerprint density at radius 3 is 2.76 bits per heavy atom. The van der Waals surface area contributed by atoms with Gasteiger partial charge in [0.05, 0.1) is 0 Å². The molecule has 0 aliphatic heterocycles. The Bertz CT molecular complexity index is 393. The van der Waals surface area contributed by atoms with Crippen molar-refractivity contribution in [1.29, 1.82) is 0 Å². The fraction of sp³-hybridized carbons (Fsp3) is 0.462. The molecule has 1 aromatic carbocycles. The summed E-state index contributed by atoms with van der Waals surface area (Å²) in [5.74, 6) is -0.473. The lowest BCUT2D eigenvalue weighted by Gasteiger charge is -2.17. The summed E-state index contributed by atoms with van der Waals surface area (Å²) in [5, 5.41) is 3.02. The number of halogens is 1. The predicted octanol–water partition coefficient (Wildman–Crippen LogP) is 1.82. The molecule has 0 fully saturated rings. The van der Waals surface area contributed by atoms with E-state index in [9.17, 15) is 9.18 Å². The average Bonchev–Trinajstić information content (AvgIpc) is 2.32. The molecule has 94 valence electrons. The number of nitrogens with one attached hydrogen (secondary N) is 1. The molecule has 0 aliphatic rings. The van der Waals surface area contributed by atoms with E-state index < -0.39 is 0 Å². The van der Waals surface area contributed by atoms with E-state index in [1.54, 1.807) is 31.0 Å². The van der Waals surface area contributed by atoms with Gasteiger partial charge in [-0.15, -0.1) is 0 Å². The van der Waals surface area contributed by atoms with Crippen LogP contribution in [-0.4, -0.2) is 38.0 Å². The Morgan fingerprint density at radius 1 is 1.47 bits per heavy atom. The molecule has 0 atom stereocenters. The van der Waals surface area contributed by atoms with Gasteiger partial charge in [-0.25, -0.2) is 4.39 Å². The van der Waals surface area contributed by atoms with Crippen molar-refractivity contribution in [3.63, 3.8) is 0 Å². The van der Waals surface area contributed by atoms with Crippen molar-refractivity contribution in [2.45, 2.75) is 13.3 Å². The van der Waals surface area contributed by atoms with Gasteiger partial charge in [-0.05, 0) is 44.6 Å². The Balaban J connectivity index is 2.65. The molecule has 1 aromatic rings. The van der Waals surface area contributed by atoms with E-state index in [-0.39, 0.29) is 11.7 Å². The monoisotopic (exact) mass is 238 g/mol. The second-order valence-corrected chi connectivity index (χ2v) is 4.15. The number of benzene rings is 1. The first-order chi connectivity index (χ1) is 8.06. The fourth-order valence-corrected chi connectivity index (χ4v) is 1.54. The molecule has 1 N–H and O–H groups in total. The zero-order valence-corrected chi connectivity index (χ0v) is 10.6. The van der Waals surface area contributed by atoms with Crippen LogP contribution in [0, 0.1) is 12.7 Å². The lowest BCUT2D eigenvalue weighted by molar-refractivity contribution is 0.0793. The molecule has 0 saturated carbocycles. The third kappa shape index (κ3) is 3.82. The number of carbonyl (C=O) groups is 1. The van der Waals surface area contributed by atoms with Gasteiger partial charge in [-0.1, -0.05) is 6.07 Å². The van der Waals surface area contributed by atoms with Crippen molar-refractivity contribution in [3.05, 3.63) is 35.1 Å². The summed E-state index contributed by atoms with van der Waals surface area (Å²) < 4.78 is 13.3. The second-order valence-electron chi connectivity index (χ2n) is 4.15. The van der Waals surface area contributed by atoms with E-state index in [4.69, 9.17) is 0 Å². The maximum Gasteiger partial charge on any atom is 0.253 e. The standard InChI is InChI=1S/C13H19FN2O/c1-10-5-6-11(9-12(10)14)13(17)16(3)8-4-7-15-2/h5-6,9,15H,4,7-8H2,1-3H3. The smallest absolute Gasteiger partial charge is 0.253 e. The van der Waals surface area contributed by atoms with Crippen molar-refractivity contribution in [1.82, 2.24) is 10.2 Å². The summed E-state index contributed by atoms with van der Waals surface area (Å²) >= 11 is 0. The number of nitrogens with zero attached hydrogens (tertiary/aromatic N) is 1. The number of aryl methyl sites for hydroxylation is 1. The highest BCUT2D eigenvalue weighted by Gasteiger charge is 2.12. The van der Waals surface area contributed by atoms with Crippen molar-refractivity contribution < 1.29 is 9.18 Å². The maximum atomic E-state index is 13.3. The summed E-state index contributed by atoms with van der Waals surface area (Å²) in [4.78, 5) is 13.6. The summed E-state index contributed by atoms with van der Waals surface area (Å²) in [6.07, 6.45) is 0.882. The molecule has 0 unspecified atom stereocenters. The molecule has 17 heavy (non-hydrogen) atoms. The van der Waals surface area contributed by atoms with Crippen LogP contribution in [0.5, 0.6) is 0 Å². The zero-order chi connectivity index (χ0) is 12.8. The summed E-state index contributed by atoms with van der Waals surface area (Å²) in [7, 11) is 3.60.